The molecule has 0 spiro atoms. The zero-order valence-electron chi connectivity index (χ0n) is 13.7. The lowest BCUT2D eigenvalue weighted by molar-refractivity contribution is 0.0642. The molecule has 2 aliphatic rings. The number of nitrogens with zero attached hydrogens (tertiary/aromatic N) is 2. The summed E-state index contributed by atoms with van der Waals surface area (Å²) in [6.45, 7) is 6.58. The third-order valence-electron chi connectivity index (χ3n) is 5.32. The fourth-order valence-electron chi connectivity index (χ4n) is 3.91. The van der Waals surface area contributed by atoms with Gasteiger partial charge >= 0.3 is 0 Å². The summed E-state index contributed by atoms with van der Waals surface area (Å²) < 4.78 is 0. The van der Waals surface area contributed by atoms with Gasteiger partial charge in [-0.25, -0.2) is 0 Å². The normalized spacial score (nSPS) is 23.5. The van der Waals surface area contributed by atoms with E-state index in [1.807, 2.05) is 30.3 Å². The predicted octanol–water partition coefficient (Wildman–Crippen LogP) is 2.92. The van der Waals surface area contributed by atoms with Crippen LogP contribution in [0.25, 0.3) is 0 Å². The maximum atomic E-state index is 10.3. The Labute approximate surface area is 134 Å². The van der Waals surface area contributed by atoms with Crippen LogP contribution in [0.2, 0.25) is 0 Å². The molecule has 1 aromatic carbocycles. The van der Waals surface area contributed by atoms with E-state index >= 15 is 0 Å². The molecule has 22 heavy (non-hydrogen) atoms. The molecule has 122 valence electrons. The van der Waals surface area contributed by atoms with E-state index in [2.05, 4.69) is 9.80 Å². The van der Waals surface area contributed by atoms with Crippen LogP contribution in [0, 0.1) is 5.92 Å². The molecular weight excluding hydrogens is 272 g/mol. The zero-order valence-corrected chi connectivity index (χ0v) is 13.7. The molecule has 0 amide bonds. The van der Waals surface area contributed by atoms with E-state index in [4.69, 9.17) is 0 Å². The van der Waals surface area contributed by atoms with Gasteiger partial charge in [-0.2, -0.15) is 0 Å². The molecule has 0 bridgehead atoms. The fraction of sp³-hybridized carbons (Fsp3) is 0.684. The van der Waals surface area contributed by atoms with Gasteiger partial charge in [-0.15, -0.1) is 0 Å². The average Bonchev–Trinajstić information content (AvgIpc) is 2.58. The van der Waals surface area contributed by atoms with E-state index in [1.54, 1.807) is 0 Å². The highest BCUT2D eigenvalue weighted by molar-refractivity contribution is 5.17. The van der Waals surface area contributed by atoms with Gasteiger partial charge in [-0.1, -0.05) is 49.6 Å². The highest BCUT2D eigenvalue weighted by Crippen LogP contribution is 2.25. The molecule has 3 nitrogen and oxygen atoms in total. The first-order chi connectivity index (χ1) is 10.8. The molecule has 0 unspecified atom stereocenters. The Bertz CT molecular complexity index is 422. The summed E-state index contributed by atoms with van der Waals surface area (Å²) in [5, 5.41) is 10.3. The van der Waals surface area contributed by atoms with Gasteiger partial charge in [-0.05, 0) is 24.3 Å². The standard InChI is InChI=1S/C19H30N2O/c22-19(18-9-5-2-6-10-18)16-21-13-11-20(12-14-21)15-17-7-3-1-4-8-17/h2,5-6,9-10,17,19,22H,1,3-4,7-8,11-16H2/t19-/m1/s1. The number of benzene rings is 1. The van der Waals surface area contributed by atoms with Crippen molar-refractivity contribution in [1.29, 1.82) is 0 Å². The first kappa shape index (κ1) is 16.0. The number of hydrogen-bond donors (Lipinski definition) is 1. The van der Waals surface area contributed by atoms with E-state index < -0.39 is 0 Å². The van der Waals surface area contributed by atoms with E-state index in [-0.39, 0.29) is 6.10 Å². The predicted molar refractivity (Wildman–Crippen MR) is 90.9 cm³/mol. The minimum atomic E-state index is -0.355. The topological polar surface area (TPSA) is 26.7 Å². The third kappa shape index (κ3) is 4.55. The van der Waals surface area contributed by atoms with Crippen molar-refractivity contribution in [2.45, 2.75) is 38.2 Å². The van der Waals surface area contributed by atoms with Crippen molar-refractivity contribution in [3.8, 4) is 0 Å². The minimum Gasteiger partial charge on any atom is -0.387 e. The van der Waals surface area contributed by atoms with E-state index in [0.29, 0.717) is 0 Å². The van der Waals surface area contributed by atoms with Crippen LogP contribution in [0.3, 0.4) is 0 Å². The van der Waals surface area contributed by atoms with Crippen molar-refractivity contribution >= 4 is 0 Å². The van der Waals surface area contributed by atoms with Gasteiger partial charge in [0, 0.05) is 39.3 Å². The molecule has 1 aliphatic heterocycles. The van der Waals surface area contributed by atoms with Gasteiger partial charge in [-0.3, -0.25) is 4.90 Å². The highest BCUT2D eigenvalue weighted by atomic mass is 16.3. The van der Waals surface area contributed by atoms with Crippen molar-refractivity contribution in [1.82, 2.24) is 9.80 Å². The molecule has 0 aromatic heterocycles. The monoisotopic (exact) mass is 302 g/mol. The lowest BCUT2D eigenvalue weighted by Gasteiger charge is -2.37. The van der Waals surface area contributed by atoms with Crippen molar-refractivity contribution < 1.29 is 5.11 Å². The number of hydrogen-bond acceptors (Lipinski definition) is 3. The van der Waals surface area contributed by atoms with Gasteiger partial charge in [0.2, 0.25) is 0 Å². The van der Waals surface area contributed by atoms with Crippen molar-refractivity contribution in [2.24, 2.45) is 5.92 Å². The zero-order chi connectivity index (χ0) is 15.2. The lowest BCUT2D eigenvalue weighted by atomic mass is 9.89. The van der Waals surface area contributed by atoms with Gasteiger partial charge in [0.25, 0.3) is 0 Å². The summed E-state index contributed by atoms with van der Waals surface area (Å²) in [6.07, 6.45) is 6.84. The van der Waals surface area contributed by atoms with Crippen LogP contribution < -0.4 is 0 Å². The van der Waals surface area contributed by atoms with E-state index in [1.165, 1.54) is 38.6 Å². The molecule has 1 aliphatic carbocycles. The van der Waals surface area contributed by atoms with E-state index in [0.717, 1.165) is 44.2 Å². The Kier molecular flexibility index (Phi) is 5.88. The summed E-state index contributed by atoms with van der Waals surface area (Å²) in [4.78, 5) is 5.05. The molecular formula is C19H30N2O. The Hall–Kier alpha value is -0.900. The van der Waals surface area contributed by atoms with Gasteiger partial charge in [0.15, 0.2) is 0 Å². The molecule has 1 heterocycles. The smallest absolute Gasteiger partial charge is 0.0916 e. The second-order valence-electron chi connectivity index (χ2n) is 7.03. The first-order valence-corrected chi connectivity index (χ1v) is 8.99. The molecule has 1 atom stereocenters. The Balaban J connectivity index is 1.40. The summed E-state index contributed by atoms with van der Waals surface area (Å²) in [5.41, 5.74) is 1.03. The summed E-state index contributed by atoms with van der Waals surface area (Å²) in [6, 6.07) is 10.0. The quantitative estimate of drug-likeness (QED) is 0.906. The molecule has 3 rings (SSSR count). The second kappa shape index (κ2) is 8.09. The molecule has 1 saturated heterocycles. The second-order valence-corrected chi connectivity index (χ2v) is 7.03. The number of β-amino-alcohol motifs (C(OH)–C–C–N with tert-alkyl or cyclic N) is 1. The Morgan fingerprint density at radius 1 is 0.909 bits per heavy atom. The Morgan fingerprint density at radius 2 is 1.55 bits per heavy atom. The Morgan fingerprint density at radius 3 is 2.23 bits per heavy atom. The van der Waals surface area contributed by atoms with Gasteiger partial charge in [0.1, 0.15) is 0 Å². The molecule has 2 fully saturated rings. The fourth-order valence-corrected chi connectivity index (χ4v) is 3.91. The first-order valence-electron chi connectivity index (χ1n) is 8.99. The van der Waals surface area contributed by atoms with Crippen LogP contribution in [0.15, 0.2) is 30.3 Å². The number of rotatable bonds is 5. The van der Waals surface area contributed by atoms with Gasteiger partial charge < -0.3 is 10.0 Å². The molecule has 0 radical (unpaired) electrons. The number of aliphatic hydroxyl groups excluding tert-OH is 1. The molecule has 1 aromatic rings. The van der Waals surface area contributed by atoms with Crippen LogP contribution >= 0.6 is 0 Å². The highest BCUT2D eigenvalue weighted by Gasteiger charge is 2.22. The maximum Gasteiger partial charge on any atom is 0.0916 e. The van der Waals surface area contributed by atoms with Crippen LogP contribution in [0.4, 0.5) is 0 Å². The third-order valence-corrected chi connectivity index (χ3v) is 5.32. The van der Waals surface area contributed by atoms with Crippen LogP contribution in [-0.2, 0) is 0 Å². The largest absolute Gasteiger partial charge is 0.387 e. The van der Waals surface area contributed by atoms with Crippen molar-refractivity contribution in [3.05, 3.63) is 35.9 Å². The molecule has 1 saturated carbocycles. The van der Waals surface area contributed by atoms with Crippen molar-refractivity contribution in [2.75, 3.05) is 39.3 Å². The van der Waals surface area contributed by atoms with E-state index in [9.17, 15) is 5.11 Å². The SMILES string of the molecule is O[C@H](CN1CCN(CC2CCCCC2)CC1)c1ccccc1. The number of aliphatic hydroxyl groups is 1. The minimum absolute atomic E-state index is 0.355. The maximum absolute atomic E-state index is 10.3. The number of piperazine rings is 1. The summed E-state index contributed by atoms with van der Waals surface area (Å²) in [5.74, 6) is 0.940. The summed E-state index contributed by atoms with van der Waals surface area (Å²) in [7, 11) is 0. The molecule has 3 heteroatoms. The average molecular weight is 302 g/mol. The van der Waals surface area contributed by atoms with Gasteiger partial charge in [0.05, 0.1) is 6.10 Å². The van der Waals surface area contributed by atoms with Crippen LogP contribution in [0.5, 0.6) is 0 Å². The van der Waals surface area contributed by atoms with Crippen molar-refractivity contribution in [3.63, 3.8) is 0 Å². The van der Waals surface area contributed by atoms with Crippen LogP contribution in [0.1, 0.15) is 43.8 Å². The summed E-state index contributed by atoms with van der Waals surface area (Å²) >= 11 is 0. The molecule has 1 N–H and O–H groups in total. The van der Waals surface area contributed by atoms with Crippen LogP contribution in [-0.4, -0.2) is 54.2 Å². The lowest BCUT2D eigenvalue weighted by Crippen LogP contribution is -2.48.